The molecule has 1 N–H and O–H groups in total. The number of hydrogen-bond donors (Lipinski definition) is 1. The predicted octanol–water partition coefficient (Wildman–Crippen LogP) is 3.26. The second-order valence-electron chi connectivity index (χ2n) is 5.56. The van der Waals surface area contributed by atoms with Gasteiger partial charge in [0, 0.05) is 40.8 Å². The Morgan fingerprint density at radius 3 is 2.88 bits per heavy atom. The Labute approximate surface area is 107 Å². The summed E-state index contributed by atoms with van der Waals surface area (Å²) in [6, 6.07) is 6.19. The first-order chi connectivity index (χ1) is 7.98. The highest BCUT2D eigenvalue weighted by atomic mass is 35.5. The van der Waals surface area contributed by atoms with E-state index in [1.807, 2.05) is 6.07 Å². The first kappa shape index (κ1) is 11.1. The lowest BCUT2D eigenvalue weighted by atomic mass is 9.89. The Morgan fingerprint density at radius 1 is 1.35 bits per heavy atom. The molecule has 0 bridgehead atoms. The number of rotatable bonds is 0. The van der Waals surface area contributed by atoms with E-state index in [4.69, 9.17) is 11.6 Å². The fourth-order valence-electron chi connectivity index (χ4n) is 2.79. The van der Waals surface area contributed by atoms with Gasteiger partial charge in [0.2, 0.25) is 0 Å². The predicted molar refractivity (Wildman–Crippen MR) is 72.6 cm³/mol. The maximum Gasteiger partial charge on any atom is 0.0498 e. The van der Waals surface area contributed by atoms with E-state index in [0.717, 1.165) is 18.0 Å². The molecular weight excluding hydrogens is 232 g/mol. The summed E-state index contributed by atoms with van der Waals surface area (Å²) < 4.78 is 2.26. The molecular formula is C14H17ClN2. The highest BCUT2D eigenvalue weighted by molar-refractivity contribution is 6.31. The van der Waals surface area contributed by atoms with Crippen molar-refractivity contribution < 1.29 is 0 Å². The Morgan fingerprint density at radius 2 is 2.12 bits per heavy atom. The third kappa shape index (κ3) is 1.67. The normalized spacial score (nSPS) is 18.4. The first-order valence-electron chi connectivity index (χ1n) is 5.99. The number of aromatic nitrogens is 1. The zero-order chi connectivity index (χ0) is 12.2. The summed E-state index contributed by atoms with van der Waals surface area (Å²) in [4.78, 5) is 0. The number of hydrogen-bond acceptors (Lipinski definition) is 1. The molecule has 1 aliphatic heterocycles. The number of nitrogens with one attached hydrogen (secondary N) is 1. The Hall–Kier alpha value is -0.990. The molecule has 2 heterocycles. The van der Waals surface area contributed by atoms with Crippen molar-refractivity contribution >= 4 is 22.5 Å². The Kier molecular flexibility index (Phi) is 2.29. The third-order valence-electron chi connectivity index (χ3n) is 3.75. The fraction of sp³-hybridized carbons (Fsp3) is 0.429. The maximum absolute atomic E-state index is 6.08. The zero-order valence-corrected chi connectivity index (χ0v) is 11.2. The van der Waals surface area contributed by atoms with Crippen molar-refractivity contribution in [1.29, 1.82) is 0 Å². The van der Waals surface area contributed by atoms with Crippen molar-refractivity contribution in [1.82, 2.24) is 9.88 Å². The molecule has 1 aromatic heterocycles. The summed E-state index contributed by atoms with van der Waals surface area (Å²) in [6.45, 7) is 5.44. The van der Waals surface area contributed by atoms with E-state index in [9.17, 15) is 0 Å². The minimum absolute atomic E-state index is 0.181. The largest absolute Gasteiger partial charge is 0.346 e. The van der Waals surface area contributed by atoms with Gasteiger partial charge in [-0.3, -0.25) is 0 Å². The Balaban J connectivity index is 2.29. The Bertz CT molecular complexity index is 596. The highest BCUT2D eigenvalue weighted by Crippen LogP contribution is 2.33. The van der Waals surface area contributed by atoms with Crippen molar-refractivity contribution in [2.24, 2.45) is 7.05 Å². The van der Waals surface area contributed by atoms with Crippen LogP contribution in [0.4, 0.5) is 0 Å². The molecule has 0 saturated heterocycles. The van der Waals surface area contributed by atoms with Gasteiger partial charge in [-0.15, -0.1) is 0 Å². The number of aryl methyl sites for hydroxylation is 1. The van der Waals surface area contributed by atoms with E-state index in [1.54, 1.807) is 0 Å². The molecule has 0 aliphatic carbocycles. The molecule has 0 saturated carbocycles. The van der Waals surface area contributed by atoms with Crippen LogP contribution in [-0.4, -0.2) is 10.1 Å². The molecule has 17 heavy (non-hydrogen) atoms. The number of benzene rings is 1. The van der Waals surface area contributed by atoms with Gasteiger partial charge in [-0.1, -0.05) is 17.7 Å². The van der Waals surface area contributed by atoms with Crippen LogP contribution in [0, 0.1) is 0 Å². The molecule has 2 nitrogen and oxygen atoms in total. The number of nitrogens with zero attached hydrogens (tertiary/aromatic N) is 1. The molecule has 0 atom stereocenters. The highest BCUT2D eigenvalue weighted by Gasteiger charge is 2.28. The van der Waals surface area contributed by atoms with Gasteiger partial charge in [0.05, 0.1) is 0 Å². The number of halogens is 1. The van der Waals surface area contributed by atoms with Crippen molar-refractivity contribution in [2.45, 2.75) is 32.4 Å². The standard InChI is InChI=1S/C14H17ClN2/c1-14(2)7-11-10-5-4-9(15)6-12(10)17(3)13(11)8-16-14/h4-6,16H,7-8H2,1-3H3. The lowest BCUT2D eigenvalue weighted by Gasteiger charge is -2.31. The third-order valence-corrected chi connectivity index (χ3v) is 3.99. The average Bonchev–Trinajstić information content (AvgIpc) is 2.51. The van der Waals surface area contributed by atoms with Crippen molar-refractivity contribution in [3.63, 3.8) is 0 Å². The van der Waals surface area contributed by atoms with Crippen LogP contribution in [0.1, 0.15) is 25.1 Å². The molecule has 0 fully saturated rings. The van der Waals surface area contributed by atoms with E-state index in [1.165, 1.54) is 22.2 Å². The molecule has 0 radical (unpaired) electrons. The van der Waals surface area contributed by atoms with E-state index in [2.05, 4.69) is 42.9 Å². The quantitative estimate of drug-likeness (QED) is 0.757. The monoisotopic (exact) mass is 248 g/mol. The molecule has 2 aromatic rings. The van der Waals surface area contributed by atoms with E-state index >= 15 is 0 Å². The van der Waals surface area contributed by atoms with E-state index < -0.39 is 0 Å². The summed E-state index contributed by atoms with van der Waals surface area (Å²) in [7, 11) is 2.12. The van der Waals surface area contributed by atoms with E-state index in [-0.39, 0.29) is 5.54 Å². The molecule has 1 aliphatic rings. The minimum Gasteiger partial charge on any atom is -0.346 e. The summed E-state index contributed by atoms with van der Waals surface area (Å²) in [6.07, 6.45) is 1.07. The van der Waals surface area contributed by atoms with Crippen LogP contribution in [0.2, 0.25) is 5.02 Å². The summed E-state index contributed by atoms with van der Waals surface area (Å²) in [5.41, 5.74) is 4.28. The van der Waals surface area contributed by atoms with Gasteiger partial charge in [-0.25, -0.2) is 0 Å². The second kappa shape index (κ2) is 3.50. The van der Waals surface area contributed by atoms with Gasteiger partial charge in [-0.05, 0) is 38.0 Å². The second-order valence-corrected chi connectivity index (χ2v) is 6.00. The van der Waals surface area contributed by atoms with Gasteiger partial charge in [-0.2, -0.15) is 0 Å². The van der Waals surface area contributed by atoms with Gasteiger partial charge >= 0.3 is 0 Å². The summed E-state index contributed by atoms with van der Waals surface area (Å²) in [5.74, 6) is 0. The zero-order valence-electron chi connectivity index (χ0n) is 10.5. The van der Waals surface area contributed by atoms with Gasteiger partial charge in [0.25, 0.3) is 0 Å². The molecule has 0 spiro atoms. The average molecular weight is 249 g/mol. The van der Waals surface area contributed by atoms with Crippen LogP contribution in [0.3, 0.4) is 0 Å². The number of fused-ring (bicyclic) bond motifs is 3. The van der Waals surface area contributed by atoms with Crippen molar-refractivity contribution in [3.8, 4) is 0 Å². The van der Waals surface area contributed by atoms with Crippen LogP contribution in [0.25, 0.3) is 10.9 Å². The fourth-order valence-corrected chi connectivity index (χ4v) is 2.96. The molecule has 0 amide bonds. The van der Waals surface area contributed by atoms with Crippen molar-refractivity contribution in [3.05, 3.63) is 34.5 Å². The molecule has 1 aromatic carbocycles. The van der Waals surface area contributed by atoms with E-state index in [0.29, 0.717) is 0 Å². The maximum atomic E-state index is 6.08. The molecule has 0 unspecified atom stereocenters. The molecule has 90 valence electrons. The van der Waals surface area contributed by atoms with Gasteiger partial charge in [0.15, 0.2) is 0 Å². The van der Waals surface area contributed by atoms with Crippen LogP contribution in [0.15, 0.2) is 18.2 Å². The van der Waals surface area contributed by atoms with Crippen LogP contribution in [0.5, 0.6) is 0 Å². The van der Waals surface area contributed by atoms with Crippen molar-refractivity contribution in [2.75, 3.05) is 0 Å². The van der Waals surface area contributed by atoms with Crippen LogP contribution in [-0.2, 0) is 20.0 Å². The van der Waals surface area contributed by atoms with Gasteiger partial charge in [0.1, 0.15) is 0 Å². The van der Waals surface area contributed by atoms with Crippen LogP contribution >= 0.6 is 11.6 Å². The lowest BCUT2D eigenvalue weighted by molar-refractivity contribution is 0.357. The first-order valence-corrected chi connectivity index (χ1v) is 6.36. The SMILES string of the molecule is Cn1c2c(c3ccc(Cl)cc31)CC(C)(C)NC2. The minimum atomic E-state index is 0.181. The van der Waals surface area contributed by atoms with Crippen LogP contribution < -0.4 is 5.32 Å². The summed E-state index contributed by atoms with van der Waals surface area (Å²) >= 11 is 6.08. The smallest absolute Gasteiger partial charge is 0.0498 e. The topological polar surface area (TPSA) is 17.0 Å². The summed E-state index contributed by atoms with van der Waals surface area (Å²) in [5, 5.41) is 5.73. The molecule has 3 heteroatoms. The van der Waals surface area contributed by atoms with Gasteiger partial charge < -0.3 is 9.88 Å². The molecule has 3 rings (SSSR count). The lowest BCUT2D eigenvalue weighted by Crippen LogP contribution is -2.44.